The summed E-state index contributed by atoms with van der Waals surface area (Å²) >= 11 is 1.61. The van der Waals surface area contributed by atoms with Gasteiger partial charge in [-0.1, -0.05) is 18.2 Å². The van der Waals surface area contributed by atoms with E-state index in [2.05, 4.69) is 5.32 Å². The molecule has 0 saturated carbocycles. The molecule has 0 unspecified atom stereocenters. The van der Waals surface area contributed by atoms with Crippen LogP contribution in [0.1, 0.15) is 12.8 Å². The first kappa shape index (κ1) is 13.9. The van der Waals surface area contributed by atoms with Gasteiger partial charge in [0.1, 0.15) is 0 Å². The van der Waals surface area contributed by atoms with Crippen molar-refractivity contribution in [3.05, 3.63) is 29.6 Å². The zero-order valence-electron chi connectivity index (χ0n) is 11.5. The van der Waals surface area contributed by atoms with E-state index in [4.69, 9.17) is 5.73 Å². The highest BCUT2D eigenvalue weighted by molar-refractivity contribution is 7.17. The molecule has 5 nitrogen and oxygen atoms in total. The summed E-state index contributed by atoms with van der Waals surface area (Å²) in [4.78, 5) is 25.2. The number of benzene rings is 1. The largest absolute Gasteiger partial charge is 0.369 e. The van der Waals surface area contributed by atoms with Gasteiger partial charge in [-0.05, 0) is 18.9 Å². The predicted molar refractivity (Wildman–Crippen MR) is 84.3 cm³/mol. The lowest BCUT2D eigenvalue weighted by atomic mass is 9.96. The summed E-state index contributed by atoms with van der Waals surface area (Å²) in [5.41, 5.74) is 6.15. The molecule has 1 aliphatic heterocycles. The molecular formula is C15H17N3O2S. The zero-order chi connectivity index (χ0) is 14.8. The van der Waals surface area contributed by atoms with E-state index in [1.807, 2.05) is 29.6 Å². The van der Waals surface area contributed by atoms with Crippen molar-refractivity contribution < 1.29 is 9.59 Å². The van der Waals surface area contributed by atoms with Gasteiger partial charge in [0, 0.05) is 34.5 Å². The van der Waals surface area contributed by atoms with Gasteiger partial charge in [0.05, 0.1) is 5.69 Å². The van der Waals surface area contributed by atoms with Crippen molar-refractivity contribution in [2.24, 2.45) is 11.7 Å². The number of rotatable bonds is 2. The number of piperidine rings is 1. The molecule has 0 aliphatic carbocycles. The Hall–Kier alpha value is -2.08. The molecule has 1 saturated heterocycles. The average molecular weight is 303 g/mol. The van der Waals surface area contributed by atoms with E-state index in [9.17, 15) is 9.59 Å². The number of anilines is 1. The van der Waals surface area contributed by atoms with Crippen molar-refractivity contribution in [1.29, 1.82) is 0 Å². The van der Waals surface area contributed by atoms with E-state index in [1.54, 1.807) is 16.2 Å². The van der Waals surface area contributed by atoms with Crippen LogP contribution in [0.25, 0.3) is 10.1 Å². The van der Waals surface area contributed by atoms with Crippen molar-refractivity contribution >= 4 is 39.0 Å². The minimum atomic E-state index is -0.265. The second-order valence-electron chi connectivity index (χ2n) is 5.24. The summed E-state index contributed by atoms with van der Waals surface area (Å²) in [6.07, 6.45) is 1.29. The standard InChI is InChI=1S/C15H17N3O2S/c16-14(19)10-5-7-18(8-6-10)15(20)17-12-9-21-13-4-2-1-3-11(12)13/h1-4,9-10H,5-8H2,(H2,16,19)(H,17,20). The van der Waals surface area contributed by atoms with Crippen molar-refractivity contribution in [2.75, 3.05) is 18.4 Å². The molecule has 6 heteroatoms. The van der Waals surface area contributed by atoms with E-state index in [0.29, 0.717) is 25.9 Å². The van der Waals surface area contributed by atoms with Crippen LogP contribution in [0.5, 0.6) is 0 Å². The summed E-state index contributed by atoms with van der Waals surface area (Å²) in [5.74, 6) is -0.366. The van der Waals surface area contributed by atoms with Crippen LogP contribution in [-0.2, 0) is 4.79 Å². The Morgan fingerprint density at radius 3 is 2.67 bits per heavy atom. The molecule has 0 bridgehead atoms. The highest BCUT2D eigenvalue weighted by Gasteiger charge is 2.26. The SMILES string of the molecule is NC(=O)C1CCN(C(=O)Nc2csc3ccccc23)CC1. The number of thiophene rings is 1. The Balaban J connectivity index is 1.66. The van der Waals surface area contributed by atoms with Crippen molar-refractivity contribution in [3.8, 4) is 0 Å². The molecule has 0 spiro atoms. The second-order valence-corrected chi connectivity index (χ2v) is 6.15. The molecule has 2 heterocycles. The van der Waals surface area contributed by atoms with Gasteiger partial charge < -0.3 is 16.0 Å². The number of hydrogen-bond acceptors (Lipinski definition) is 3. The first-order valence-corrected chi connectivity index (χ1v) is 7.84. The summed E-state index contributed by atoms with van der Waals surface area (Å²) in [5, 5.41) is 5.98. The van der Waals surface area contributed by atoms with Crippen molar-refractivity contribution in [2.45, 2.75) is 12.8 Å². The number of nitrogens with two attached hydrogens (primary N) is 1. The van der Waals surface area contributed by atoms with Gasteiger partial charge in [0.25, 0.3) is 0 Å². The first-order chi connectivity index (χ1) is 10.1. The smallest absolute Gasteiger partial charge is 0.321 e. The molecule has 3 amide bonds. The Labute approximate surface area is 126 Å². The zero-order valence-corrected chi connectivity index (χ0v) is 12.4. The lowest BCUT2D eigenvalue weighted by molar-refractivity contribution is -0.122. The van der Waals surface area contributed by atoms with Gasteiger partial charge in [-0.25, -0.2) is 4.79 Å². The maximum absolute atomic E-state index is 12.3. The highest BCUT2D eigenvalue weighted by atomic mass is 32.1. The fourth-order valence-electron chi connectivity index (χ4n) is 2.64. The van der Waals surface area contributed by atoms with Crippen LogP contribution in [0.4, 0.5) is 10.5 Å². The molecule has 1 aliphatic rings. The molecule has 3 rings (SSSR count). The number of carbonyl (C=O) groups is 2. The molecule has 1 fully saturated rings. The number of amides is 3. The fourth-order valence-corrected chi connectivity index (χ4v) is 3.53. The molecule has 3 N–H and O–H groups in total. The number of primary amides is 1. The van der Waals surface area contributed by atoms with Crippen LogP contribution >= 0.6 is 11.3 Å². The maximum Gasteiger partial charge on any atom is 0.321 e. The Morgan fingerprint density at radius 1 is 1.24 bits per heavy atom. The molecule has 2 aromatic rings. The summed E-state index contributed by atoms with van der Waals surface area (Å²) in [6, 6.07) is 7.87. The molecule has 1 aromatic heterocycles. The topological polar surface area (TPSA) is 75.4 Å². The molecule has 110 valence electrons. The van der Waals surface area contributed by atoms with Gasteiger partial charge in [-0.3, -0.25) is 4.79 Å². The molecular weight excluding hydrogens is 286 g/mol. The van der Waals surface area contributed by atoms with Crippen LogP contribution in [0, 0.1) is 5.92 Å². The normalized spacial score (nSPS) is 16.1. The second kappa shape index (κ2) is 5.73. The minimum absolute atomic E-state index is 0.101. The summed E-state index contributed by atoms with van der Waals surface area (Å²) in [7, 11) is 0. The van der Waals surface area contributed by atoms with E-state index in [1.165, 1.54) is 0 Å². The number of nitrogens with zero attached hydrogens (tertiary/aromatic N) is 1. The third-order valence-corrected chi connectivity index (χ3v) is 4.87. The van der Waals surface area contributed by atoms with Crippen LogP contribution in [0.15, 0.2) is 29.6 Å². The van der Waals surface area contributed by atoms with Crippen LogP contribution in [0.2, 0.25) is 0 Å². The summed E-state index contributed by atoms with van der Waals surface area (Å²) < 4.78 is 1.15. The molecule has 1 aromatic carbocycles. The van der Waals surface area contributed by atoms with Gasteiger partial charge in [-0.2, -0.15) is 0 Å². The van der Waals surface area contributed by atoms with E-state index < -0.39 is 0 Å². The van der Waals surface area contributed by atoms with Crippen molar-refractivity contribution in [1.82, 2.24) is 4.90 Å². The quantitative estimate of drug-likeness (QED) is 0.895. The fraction of sp³-hybridized carbons (Fsp3) is 0.333. The van der Waals surface area contributed by atoms with Gasteiger partial charge in [-0.15, -0.1) is 11.3 Å². The van der Waals surface area contributed by atoms with E-state index in [0.717, 1.165) is 15.8 Å². The van der Waals surface area contributed by atoms with Crippen LogP contribution in [-0.4, -0.2) is 29.9 Å². The number of nitrogens with one attached hydrogen (secondary N) is 1. The van der Waals surface area contributed by atoms with Crippen LogP contribution < -0.4 is 11.1 Å². The Kier molecular flexibility index (Phi) is 3.79. The highest BCUT2D eigenvalue weighted by Crippen LogP contribution is 2.30. The third kappa shape index (κ3) is 2.85. The lowest BCUT2D eigenvalue weighted by Crippen LogP contribution is -2.43. The van der Waals surface area contributed by atoms with E-state index in [-0.39, 0.29) is 17.9 Å². The monoisotopic (exact) mass is 303 g/mol. The average Bonchev–Trinajstić information content (AvgIpc) is 2.91. The lowest BCUT2D eigenvalue weighted by Gasteiger charge is -2.30. The van der Waals surface area contributed by atoms with Gasteiger partial charge >= 0.3 is 6.03 Å². The maximum atomic E-state index is 12.3. The summed E-state index contributed by atoms with van der Waals surface area (Å²) in [6.45, 7) is 1.14. The van der Waals surface area contributed by atoms with Crippen LogP contribution in [0.3, 0.4) is 0 Å². The molecule has 0 atom stereocenters. The Bertz CT molecular complexity index is 674. The Morgan fingerprint density at radius 2 is 1.95 bits per heavy atom. The number of carbonyl (C=O) groups excluding carboxylic acids is 2. The van der Waals surface area contributed by atoms with Crippen molar-refractivity contribution in [3.63, 3.8) is 0 Å². The van der Waals surface area contributed by atoms with Gasteiger partial charge in [0.15, 0.2) is 0 Å². The number of urea groups is 1. The number of likely N-dealkylation sites (tertiary alicyclic amines) is 1. The molecule has 21 heavy (non-hydrogen) atoms. The van der Waals surface area contributed by atoms with E-state index >= 15 is 0 Å². The van der Waals surface area contributed by atoms with Gasteiger partial charge in [0.2, 0.25) is 5.91 Å². The number of fused-ring (bicyclic) bond motifs is 1. The number of hydrogen-bond donors (Lipinski definition) is 2. The molecule has 0 radical (unpaired) electrons. The third-order valence-electron chi connectivity index (χ3n) is 3.91. The minimum Gasteiger partial charge on any atom is -0.369 e. The first-order valence-electron chi connectivity index (χ1n) is 6.96. The predicted octanol–water partition coefficient (Wildman–Crippen LogP) is 2.63.